The van der Waals surface area contributed by atoms with E-state index in [0.29, 0.717) is 54.2 Å². The van der Waals surface area contributed by atoms with Gasteiger partial charge in [0.25, 0.3) is 11.6 Å². The van der Waals surface area contributed by atoms with E-state index in [4.69, 9.17) is 8.94 Å². The average Bonchev–Trinajstić information content (AvgIpc) is 3.29. The maximum Gasteiger partial charge on any atom is 0.259 e. The van der Waals surface area contributed by atoms with Crippen LogP contribution in [0.25, 0.3) is 22.4 Å². The van der Waals surface area contributed by atoms with Gasteiger partial charge in [-0.15, -0.1) is 0 Å². The number of nitriles is 1. The van der Waals surface area contributed by atoms with E-state index in [2.05, 4.69) is 35.0 Å². The van der Waals surface area contributed by atoms with Crippen LogP contribution >= 0.6 is 0 Å². The van der Waals surface area contributed by atoms with Crippen LogP contribution in [0.3, 0.4) is 0 Å². The zero-order valence-corrected chi connectivity index (χ0v) is 18.6. The monoisotopic (exact) mass is 421 g/mol. The lowest BCUT2D eigenvalue weighted by molar-refractivity contribution is 0.0578. The zero-order chi connectivity index (χ0) is 22.3. The van der Waals surface area contributed by atoms with Gasteiger partial charge in [0.15, 0.2) is 0 Å². The summed E-state index contributed by atoms with van der Waals surface area (Å²) in [6.07, 6.45) is 0. The molecule has 31 heavy (non-hydrogen) atoms. The molecule has 1 fully saturated rings. The molecule has 0 saturated carbocycles. The fourth-order valence-corrected chi connectivity index (χ4v) is 4.31. The highest BCUT2D eigenvalue weighted by Gasteiger charge is 2.30. The number of hydrogen-bond acceptors (Lipinski definition) is 7. The SMILES string of the molecule is Cc1cc(-c2cc(C(=O)N3CCN(C(C#N)C(C)C)CC3)c3c(C)noc3n2)c(C)o1. The fraction of sp³-hybridized carbons (Fsp3) is 0.478. The minimum atomic E-state index is -0.135. The Balaban J connectivity index is 1.66. The van der Waals surface area contributed by atoms with Crippen molar-refractivity contribution in [2.75, 3.05) is 26.2 Å². The van der Waals surface area contributed by atoms with E-state index in [1.807, 2.05) is 37.8 Å². The lowest BCUT2D eigenvalue weighted by Gasteiger charge is -2.38. The van der Waals surface area contributed by atoms with Gasteiger partial charge in [-0.1, -0.05) is 19.0 Å². The van der Waals surface area contributed by atoms with Crippen molar-refractivity contribution in [2.45, 2.75) is 40.7 Å². The van der Waals surface area contributed by atoms with Crippen LogP contribution in [0, 0.1) is 38.0 Å². The smallest absolute Gasteiger partial charge is 0.259 e. The first kappa shape index (κ1) is 21.1. The molecule has 1 saturated heterocycles. The third-order valence-electron chi connectivity index (χ3n) is 5.92. The minimum absolute atomic E-state index is 0.0736. The third-order valence-corrected chi connectivity index (χ3v) is 5.92. The van der Waals surface area contributed by atoms with Crippen LogP contribution in [0.5, 0.6) is 0 Å². The number of aromatic nitrogens is 2. The summed E-state index contributed by atoms with van der Waals surface area (Å²) in [6, 6.07) is 5.98. The van der Waals surface area contributed by atoms with Gasteiger partial charge in [0.05, 0.1) is 28.4 Å². The van der Waals surface area contributed by atoms with Crippen LogP contribution in [0.15, 0.2) is 21.1 Å². The highest BCUT2D eigenvalue weighted by atomic mass is 16.5. The number of rotatable bonds is 4. The Kier molecular flexibility index (Phi) is 5.54. The number of pyridine rings is 1. The molecule has 1 atom stereocenters. The molecule has 4 rings (SSSR count). The third kappa shape index (κ3) is 3.81. The first-order chi connectivity index (χ1) is 14.8. The van der Waals surface area contributed by atoms with Gasteiger partial charge in [-0.05, 0) is 38.8 Å². The summed E-state index contributed by atoms with van der Waals surface area (Å²) < 4.78 is 11.1. The summed E-state index contributed by atoms with van der Waals surface area (Å²) in [4.78, 5) is 22.1. The van der Waals surface area contributed by atoms with E-state index in [-0.39, 0.29) is 17.9 Å². The largest absolute Gasteiger partial charge is 0.466 e. The van der Waals surface area contributed by atoms with Crippen LogP contribution in [-0.4, -0.2) is 58.1 Å². The van der Waals surface area contributed by atoms with Crippen molar-refractivity contribution < 1.29 is 13.7 Å². The summed E-state index contributed by atoms with van der Waals surface area (Å²) in [6.45, 7) is 12.1. The molecule has 0 aliphatic carbocycles. The van der Waals surface area contributed by atoms with Gasteiger partial charge >= 0.3 is 0 Å². The van der Waals surface area contributed by atoms with Gasteiger partial charge in [0.2, 0.25) is 0 Å². The molecule has 1 aliphatic heterocycles. The molecule has 162 valence electrons. The van der Waals surface area contributed by atoms with Crippen molar-refractivity contribution in [1.82, 2.24) is 19.9 Å². The number of hydrogen-bond donors (Lipinski definition) is 0. The molecular formula is C23H27N5O3. The van der Waals surface area contributed by atoms with Gasteiger partial charge in [-0.3, -0.25) is 9.69 Å². The van der Waals surface area contributed by atoms with Gasteiger partial charge in [-0.25, -0.2) is 4.98 Å². The van der Waals surface area contributed by atoms with Crippen molar-refractivity contribution in [3.05, 3.63) is 34.9 Å². The normalized spacial score (nSPS) is 16.1. The van der Waals surface area contributed by atoms with E-state index >= 15 is 0 Å². The summed E-state index contributed by atoms with van der Waals surface area (Å²) in [5.41, 5.74) is 2.98. The molecule has 3 aromatic heterocycles. The molecule has 1 amide bonds. The Morgan fingerprint density at radius 3 is 2.45 bits per heavy atom. The maximum absolute atomic E-state index is 13.5. The van der Waals surface area contributed by atoms with Crippen LogP contribution < -0.4 is 0 Å². The van der Waals surface area contributed by atoms with Gasteiger partial charge in [0.1, 0.15) is 17.6 Å². The molecule has 1 unspecified atom stereocenters. The molecule has 1 aliphatic rings. The van der Waals surface area contributed by atoms with Crippen LogP contribution in [0.4, 0.5) is 0 Å². The number of piperazine rings is 1. The lowest BCUT2D eigenvalue weighted by Crippen LogP contribution is -2.52. The van der Waals surface area contributed by atoms with Crippen molar-refractivity contribution >= 4 is 17.0 Å². The van der Waals surface area contributed by atoms with Crippen molar-refractivity contribution in [2.24, 2.45) is 5.92 Å². The Morgan fingerprint density at radius 2 is 1.87 bits per heavy atom. The number of furan rings is 1. The van der Waals surface area contributed by atoms with Crippen LogP contribution in [0.2, 0.25) is 0 Å². The summed E-state index contributed by atoms with van der Waals surface area (Å²) in [5, 5.41) is 14.2. The maximum atomic E-state index is 13.5. The Morgan fingerprint density at radius 1 is 1.16 bits per heavy atom. The molecule has 0 bridgehead atoms. The number of aryl methyl sites for hydroxylation is 3. The van der Waals surface area contributed by atoms with E-state index in [1.54, 1.807) is 0 Å². The molecule has 3 aromatic rings. The summed E-state index contributed by atoms with van der Waals surface area (Å²) in [5.74, 6) is 1.69. The number of fused-ring (bicyclic) bond motifs is 1. The quantitative estimate of drug-likeness (QED) is 0.633. The summed E-state index contributed by atoms with van der Waals surface area (Å²) >= 11 is 0. The standard InChI is InChI=1S/C23H27N5O3/c1-13(2)20(12-24)27-6-8-28(9-7-27)23(29)18-11-19(17-10-14(3)30-16(17)5)25-22-21(18)15(4)26-31-22/h10-11,13,20H,6-9H2,1-5H3. The van der Waals surface area contributed by atoms with E-state index in [9.17, 15) is 10.1 Å². The lowest BCUT2D eigenvalue weighted by atomic mass is 10.0. The second-order valence-corrected chi connectivity index (χ2v) is 8.48. The van der Waals surface area contributed by atoms with Gasteiger partial charge in [0, 0.05) is 31.7 Å². The molecule has 0 spiro atoms. The van der Waals surface area contributed by atoms with E-state index in [1.165, 1.54) is 0 Å². The Bertz CT molecular complexity index is 1160. The Hall–Kier alpha value is -3.18. The second kappa shape index (κ2) is 8.16. The van der Waals surface area contributed by atoms with E-state index < -0.39 is 0 Å². The Labute approximate surface area is 181 Å². The number of carbonyl (C=O) groups excluding carboxylic acids is 1. The molecule has 8 nitrogen and oxygen atoms in total. The van der Waals surface area contributed by atoms with Crippen molar-refractivity contribution in [3.63, 3.8) is 0 Å². The molecule has 4 heterocycles. The predicted molar refractivity (Wildman–Crippen MR) is 115 cm³/mol. The number of nitrogens with zero attached hydrogens (tertiary/aromatic N) is 5. The van der Waals surface area contributed by atoms with Crippen molar-refractivity contribution in [1.29, 1.82) is 5.26 Å². The first-order valence-corrected chi connectivity index (χ1v) is 10.6. The molecular weight excluding hydrogens is 394 g/mol. The van der Waals surface area contributed by atoms with Gasteiger partial charge in [-0.2, -0.15) is 5.26 Å². The molecule has 0 radical (unpaired) electrons. The first-order valence-electron chi connectivity index (χ1n) is 10.6. The summed E-state index contributed by atoms with van der Waals surface area (Å²) in [7, 11) is 0. The fourth-order valence-electron chi connectivity index (χ4n) is 4.31. The topological polar surface area (TPSA) is 99.4 Å². The highest BCUT2D eigenvalue weighted by molar-refractivity contribution is 6.07. The van der Waals surface area contributed by atoms with Gasteiger partial charge < -0.3 is 13.8 Å². The van der Waals surface area contributed by atoms with E-state index in [0.717, 1.165) is 17.1 Å². The van der Waals surface area contributed by atoms with Crippen LogP contribution in [0.1, 0.15) is 41.4 Å². The average molecular weight is 422 g/mol. The molecule has 8 heteroatoms. The van der Waals surface area contributed by atoms with Crippen LogP contribution in [-0.2, 0) is 0 Å². The minimum Gasteiger partial charge on any atom is -0.466 e. The molecule has 0 aromatic carbocycles. The number of carbonyl (C=O) groups is 1. The molecule has 0 N–H and O–H groups in total. The highest BCUT2D eigenvalue weighted by Crippen LogP contribution is 2.31. The number of amides is 1. The zero-order valence-electron chi connectivity index (χ0n) is 18.6. The predicted octanol–water partition coefficient (Wildman–Crippen LogP) is 3.71. The second-order valence-electron chi connectivity index (χ2n) is 8.48. The van der Waals surface area contributed by atoms with Crippen molar-refractivity contribution in [3.8, 4) is 17.3 Å².